The fourth-order valence-electron chi connectivity index (χ4n) is 11.2. The molecule has 95 heavy (non-hydrogen) atoms. The van der Waals surface area contributed by atoms with E-state index in [1.54, 1.807) is 48.5 Å². The first kappa shape index (κ1) is 73.7. The van der Waals surface area contributed by atoms with Gasteiger partial charge in [-0.15, -0.1) is 0 Å². The second kappa shape index (κ2) is 26.7. The third kappa shape index (κ3) is 17.0. The molecular formula is C62H67ClF10N7O12PS2. The summed E-state index contributed by atoms with van der Waals surface area (Å²) < 4.78 is 239. The molecule has 1 N–H and O–H groups in total. The van der Waals surface area contributed by atoms with Gasteiger partial charge in [-0.2, -0.15) is 45.3 Å². The van der Waals surface area contributed by atoms with Crippen molar-refractivity contribution in [3.8, 4) is 28.7 Å². The number of phosphoric acid groups is 1. The quantitative estimate of drug-likeness (QED) is 0.0199. The molecular weight excluding hydrogens is 1360 g/mol. The highest BCUT2D eigenvalue weighted by molar-refractivity contribution is 7.92. The zero-order valence-electron chi connectivity index (χ0n) is 53.2. The van der Waals surface area contributed by atoms with E-state index in [1.807, 2.05) is 0 Å². The monoisotopic (exact) mass is 1420 g/mol. The molecule has 6 aromatic rings. The molecule has 516 valence electrons. The van der Waals surface area contributed by atoms with E-state index in [0.717, 1.165) is 36.6 Å². The Labute approximate surface area is 547 Å². The van der Waals surface area contributed by atoms with Crippen LogP contribution in [0.2, 0.25) is 5.02 Å². The van der Waals surface area contributed by atoms with Crippen LogP contribution in [0.3, 0.4) is 0 Å². The van der Waals surface area contributed by atoms with Crippen LogP contribution in [0, 0.1) is 29.4 Å². The average Bonchev–Trinajstić information content (AvgIpc) is 1.52. The summed E-state index contributed by atoms with van der Waals surface area (Å²) in [6, 6.07) is 9.15. The van der Waals surface area contributed by atoms with E-state index in [0.29, 0.717) is 10.7 Å². The van der Waals surface area contributed by atoms with Crippen molar-refractivity contribution in [1.82, 2.24) is 34.2 Å². The van der Waals surface area contributed by atoms with Gasteiger partial charge in [0, 0.05) is 57.7 Å². The summed E-state index contributed by atoms with van der Waals surface area (Å²) >= 11 is 6.87. The zero-order chi connectivity index (χ0) is 70.8. The number of carbonyl (C=O) groups excluding carboxylic acids is 3. The Balaban J connectivity index is 1.29. The van der Waals surface area contributed by atoms with Gasteiger partial charge in [0.25, 0.3) is 5.92 Å². The lowest BCUT2D eigenvalue weighted by Gasteiger charge is -2.32. The fraction of sp³-hybridized carbons (Fsp3) is 0.484. The number of thiol groups is 1. The minimum absolute atomic E-state index is 0.0312. The van der Waals surface area contributed by atoms with Crippen LogP contribution in [0.4, 0.5) is 43.9 Å². The number of aromatic nitrogens is 5. The predicted octanol–water partition coefficient (Wildman–Crippen LogP) is 12.7. The number of benzene rings is 3. The zero-order valence-corrected chi connectivity index (χ0v) is 56.5. The van der Waals surface area contributed by atoms with Crippen molar-refractivity contribution >= 4 is 68.8 Å². The van der Waals surface area contributed by atoms with Gasteiger partial charge in [-0.3, -0.25) is 32.8 Å². The van der Waals surface area contributed by atoms with Crippen LogP contribution in [-0.4, -0.2) is 98.5 Å². The number of esters is 1. The number of amides is 2. The Hall–Kier alpha value is -7.10. The van der Waals surface area contributed by atoms with Gasteiger partial charge in [0.05, 0.1) is 53.1 Å². The van der Waals surface area contributed by atoms with Crippen molar-refractivity contribution in [3.05, 3.63) is 128 Å². The van der Waals surface area contributed by atoms with Crippen LogP contribution >= 0.6 is 19.4 Å². The maximum Gasteiger partial charge on any atom is 0.530 e. The van der Waals surface area contributed by atoms with Crippen molar-refractivity contribution in [2.75, 3.05) is 6.26 Å². The lowest BCUT2D eigenvalue weighted by atomic mass is 9.77. The lowest BCUT2D eigenvalue weighted by molar-refractivity contribution is -0.154. The minimum Gasteiger partial charge on any atom is -0.460 e. The number of fused-ring (bicyclic) bond motifs is 4. The Bertz CT molecular complexity index is 4300. The smallest absolute Gasteiger partial charge is 0.460 e. The summed E-state index contributed by atoms with van der Waals surface area (Å²) in [5.74, 6) is -7.34. The minimum atomic E-state index is -5.25. The number of rotatable bonds is 23. The molecule has 0 bridgehead atoms. The van der Waals surface area contributed by atoms with Gasteiger partial charge >= 0.3 is 26.1 Å². The second-order valence-corrected chi connectivity index (χ2v) is 31.2. The first-order chi connectivity index (χ1) is 43.6. The van der Waals surface area contributed by atoms with E-state index in [2.05, 4.69) is 32.3 Å². The highest BCUT2D eigenvalue weighted by Gasteiger charge is 2.68. The van der Waals surface area contributed by atoms with E-state index in [1.165, 1.54) is 52.0 Å². The Morgan fingerprint density at radius 1 is 0.884 bits per heavy atom. The van der Waals surface area contributed by atoms with Gasteiger partial charge in [0.15, 0.2) is 15.5 Å². The standard InChI is InChI=1S/C62H67ClF10N7O12PS2/c1-32(2)90-93(84,91-33(3)4)92-46-15-13-14-35(25-49(83)89-57(5,6)7)52(46)58(8,9)28-48(82)80(94(85)86)29-45-51-43(63)19-18-40(54(51)79(76-45)31-60(66,67)68)39-17-16-38(20-21-59(10,11)95(12,87)88)74-53(39)44(24-34-22-36(64)26-37(65)23-34)75-47(81)30-78-56-50(55(77-78)62(71,72)73)41-27-42(41)61(56,69)70/h13-19,22-23,26,32-33,41-42,44,94H,24-25,27-31H2,1-12H3,(H,75,81)/t41-,42+,44-/m0/s1. The first-order valence-corrected chi connectivity index (χ1v) is 34.2. The molecule has 19 nitrogen and oxygen atoms in total. The molecule has 2 aliphatic carbocycles. The number of nitrogens with one attached hydrogen (secondary N) is 1. The summed E-state index contributed by atoms with van der Waals surface area (Å²) in [4.78, 5) is 47.3. The van der Waals surface area contributed by atoms with Gasteiger partial charge in [-0.25, -0.2) is 39.5 Å². The number of phosphoric ester groups is 1. The highest BCUT2D eigenvalue weighted by atomic mass is 35.5. The average molecular weight is 1420 g/mol. The number of halogens is 11. The maximum absolute atomic E-state index is 15.8. The SMILES string of the molecule is CC(C)OP(=O)(Oc1cccc(CC(=O)OC(C)(C)C)c1C(C)(C)CC(=O)N(Cc1nn(CC(F)(F)F)c2c(-c3ccc(C#CC(C)(C)S(C)(=O)=O)nc3[C@H](Cc3cc(F)cc(F)c3)NC(=O)Cn3nc(C(F)(F)F)c4c3C(F)(F)[C@@H]3C[C@H]43)ccc(Cl)c12)[SH](=O)=O)OC(C)C. The third-order valence-corrected chi connectivity index (χ3v) is 20.0. The summed E-state index contributed by atoms with van der Waals surface area (Å²) in [6.45, 7) is 12.0. The number of sulfone groups is 1. The normalized spacial score (nSPS) is 16.2. The van der Waals surface area contributed by atoms with Crippen LogP contribution in [-0.2, 0) is 103 Å². The molecule has 3 aromatic carbocycles. The molecule has 3 atom stereocenters. The predicted molar refractivity (Wildman–Crippen MR) is 328 cm³/mol. The van der Waals surface area contributed by atoms with Crippen LogP contribution in [0.25, 0.3) is 22.0 Å². The Morgan fingerprint density at radius 2 is 1.51 bits per heavy atom. The van der Waals surface area contributed by atoms with Gasteiger partial charge < -0.3 is 14.6 Å². The number of nitrogens with zero attached hydrogens (tertiary/aromatic N) is 6. The fourth-order valence-corrected chi connectivity index (χ4v) is 13.8. The van der Waals surface area contributed by atoms with E-state index in [9.17, 15) is 62.1 Å². The topological polar surface area (TPSA) is 237 Å². The van der Waals surface area contributed by atoms with E-state index >= 15 is 17.6 Å². The van der Waals surface area contributed by atoms with Crippen molar-refractivity contribution < 1.29 is 98.0 Å². The van der Waals surface area contributed by atoms with E-state index < -0.39 is 205 Å². The van der Waals surface area contributed by atoms with Crippen LogP contribution in [0.15, 0.2) is 60.7 Å². The maximum atomic E-state index is 15.8. The van der Waals surface area contributed by atoms with Crippen molar-refractivity contribution in [2.24, 2.45) is 5.92 Å². The summed E-state index contributed by atoms with van der Waals surface area (Å²) in [5, 5.41) is 9.26. The Kier molecular flexibility index (Phi) is 20.7. The molecule has 3 aromatic heterocycles. The van der Waals surface area contributed by atoms with Crippen molar-refractivity contribution in [1.29, 1.82) is 0 Å². The molecule has 8 rings (SSSR count). The first-order valence-electron chi connectivity index (χ1n) is 29.3. The number of alkyl halides is 8. The largest absolute Gasteiger partial charge is 0.530 e. The van der Waals surface area contributed by atoms with Crippen LogP contribution in [0.1, 0.15) is 152 Å². The van der Waals surface area contributed by atoms with E-state index in [-0.39, 0.29) is 54.7 Å². The highest BCUT2D eigenvalue weighted by Crippen LogP contribution is 2.68. The Morgan fingerprint density at radius 3 is 2.07 bits per heavy atom. The van der Waals surface area contributed by atoms with Gasteiger partial charge in [-0.1, -0.05) is 49.6 Å². The molecule has 0 radical (unpaired) electrons. The molecule has 0 saturated heterocycles. The summed E-state index contributed by atoms with van der Waals surface area (Å²) in [6.07, 6.45) is -13.3. The van der Waals surface area contributed by atoms with Gasteiger partial charge in [0.1, 0.15) is 52.2 Å². The molecule has 0 spiro atoms. The number of pyridine rings is 1. The molecule has 2 amide bonds. The summed E-state index contributed by atoms with van der Waals surface area (Å²) in [7, 11) is -12.6. The molecule has 1 fully saturated rings. The third-order valence-electron chi connectivity index (χ3n) is 15.2. The van der Waals surface area contributed by atoms with Crippen molar-refractivity contribution in [2.45, 2.75) is 180 Å². The van der Waals surface area contributed by atoms with Gasteiger partial charge in [-0.05, 0) is 135 Å². The summed E-state index contributed by atoms with van der Waals surface area (Å²) in [5.41, 5.74) is -8.84. The van der Waals surface area contributed by atoms with Crippen molar-refractivity contribution in [3.63, 3.8) is 0 Å². The number of hydrogen-bond acceptors (Lipinski definition) is 15. The molecule has 0 aliphatic heterocycles. The van der Waals surface area contributed by atoms with Crippen LogP contribution < -0.4 is 9.84 Å². The molecule has 0 unspecified atom stereocenters. The molecule has 33 heteroatoms. The number of carbonyl (C=O) groups is 3. The number of ether oxygens (including phenoxy) is 1. The van der Waals surface area contributed by atoms with E-state index in [4.69, 9.17) is 29.9 Å². The molecule has 2 aliphatic rings. The molecule has 3 heterocycles. The lowest BCUT2D eigenvalue weighted by Crippen LogP contribution is -2.35. The second-order valence-electron chi connectivity index (χ2n) is 25.8. The van der Waals surface area contributed by atoms with Gasteiger partial charge in [0.2, 0.25) is 22.7 Å². The number of hydrogen-bond donors (Lipinski definition) is 2. The molecule has 1 saturated carbocycles. The van der Waals surface area contributed by atoms with Crippen LogP contribution in [0.5, 0.6) is 5.75 Å².